The second-order valence-electron chi connectivity index (χ2n) is 2.40. The minimum Gasteiger partial charge on any atom is -0.288 e. The normalized spacial score (nSPS) is 9.58. The van der Waals surface area contributed by atoms with E-state index < -0.39 is 5.91 Å². The number of hydrogen-bond acceptors (Lipinski definition) is 2. The number of rotatable bonds is 1. The average molecular weight is 230 g/mol. The zero-order chi connectivity index (χ0) is 9.14. The van der Waals surface area contributed by atoms with Crippen molar-refractivity contribution in [1.29, 1.82) is 0 Å². The lowest BCUT2D eigenvalue weighted by atomic mass is 10.1. The predicted octanol–water partition coefficient (Wildman–Crippen LogP) is 1.88. The SMILES string of the molecule is Cc1cc(C(=O)NO)ccc1Br. The zero-order valence-electron chi connectivity index (χ0n) is 6.47. The van der Waals surface area contributed by atoms with Gasteiger partial charge in [0, 0.05) is 10.0 Å². The van der Waals surface area contributed by atoms with Gasteiger partial charge in [-0.05, 0) is 30.7 Å². The van der Waals surface area contributed by atoms with E-state index in [1.165, 1.54) is 0 Å². The van der Waals surface area contributed by atoms with Gasteiger partial charge in [-0.15, -0.1) is 0 Å². The summed E-state index contributed by atoms with van der Waals surface area (Å²) in [6.45, 7) is 1.87. The molecule has 12 heavy (non-hydrogen) atoms. The van der Waals surface area contributed by atoms with E-state index >= 15 is 0 Å². The summed E-state index contributed by atoms with van der Waals surface area (Å²) in [7, 11) is 0. The lowest BCUT2D eigenvalue weighted by Crippen LogP contribution is -2.18. The molecule has 0 bridgehead atoms. The third-order valence-corrected chi connectivity index (χ3v) is 2.41. The standard InChI is InChI=1S/C8H8BrNO2/c1-5-4-6(8(11)10-12)2-3-7(5)9/h2-4,12H,1H3,(H,10,11). The molecule has 0 aliphatic heterocycles. The van der Waals surface area contributed by atoms with Gasteiger partial charge in [0.2, 0.25) is 0 Å². The third kappa shape index (κ3) is 1.84. The van der Waals surface area contributed by atoms with Crippen LogP contribution >= 0.6 is 15.9 Å². The van der Waals surface area contributed by atoms with E-state index in [4.69, 9.17) is 5.21 Å². The number of hydrogen-bond donors (Lipinski definition) is 2. The fourth-order valence-corrected chi connectivity index (χ4v) is 1.10. The van der Waals surface area contributed by atoms with E-state index in [0.717, 1.165) is 10.0 Å². The molecule has 0 fully saturated rings. The van der Waals surface area contributed by atoms with Crippen LogP contribution in [0.2, 0.25) is 0 Å². The van der Waals surface area contributed by atoms with Gasteiger partial charge in [0.25, 0.3) is 5.91 Å². The smallest absolute Gasteiger partial charge is 0.274 e. The molecule has 0 unspecified atom stereocenters. The number of nitrogens with one attached hydrogen (secondary N) is 1. The van der Waals surface area contributed by atoms with Crippen molar-refractivity contribution >= 4 is 21.8 Å². The molecular weight excluding hydrogens is 222 g/mol. The summed E-state index contributed by atoms with van der Waals surface area (Å²) in [5, 5.41) is 8.34. The highest BCUT2D eigenvalue weighted by Crippen LogP contribution is 2.16. The maximum atomic E-state index is 10.9. The van der Waals surface area contributed by atoms with Crippen molar-refractivity contribution in [3.05, 3.63) is 33.8 Å². The van der Waals surface area contributed by atoms with Gasteiger partial charge in [0.05, 0.1) is 0 Å². The number of carbonyl (C=O) groups is 1. The summed E-state index contributed by atoms with van der Waals surface area (Å²) in [6.07, 6.45) is 0. The highest BCUT2D eigenvalue weighted by atomic mass is 79.9. The first kappa shape index (κ1) is 9.22. The molecular formula is C8H8BrNO2. The van der Waals surface area contributed by atoms with Gasteiger partial charge in [-0.2, -0.15) is 0 Å². The summed E-state index contributed by atoms with van der Waals surface area (Å²) in [4.78, 5) is 10.9. The van der Waals surface area contributed by atoms with Crippen LogP contribution in [0.15, 0.2) is 22.7 Å². The molecule has 1 amide bonds. The first-order valence-corrected chi connectivity index (χ1v) is 4.15. The Morgan fingerprint density at radius 1 is 1.58 bits per heavy atom. The summed E-state index contributed by atoms with van der Waals surface area (Å²) in [5.74, 6) is -0.495. The fourth-order valence-electron chi connectivity index (χ4n) is 0.850. The van der Waals surface area contributed by atoms with Crippen LogP contribution in [-0.4, -0.2) is 11.1 Å². The Bertz CT molecular complexity index is 312. The van der Waals surface area contributed by atoms with Crippen molar-refractivity contribution in [3.8, 4) is 0 Å². The van der Waals surface area contributed by atoms with Gasteiger partial charge in [-0.25, -0.2) is 5.48 Å². The number of hydroxylamine groups is 1. The Balaban J connectivity index is 3.05. The van der Waals surface area contributed by atoms with Crippen LogP contribution in [0.25, 0.3) is 0 Å². The van der Waals surface area contributed by atoms with Crippen molar-refractivity contribution in [2.75, 3.05) is 0 Å². The van der Waals surface area contributed by atoms with Crippen molar-refractivity contribution in [2.45, 2.75) is 6.92 Å². The number of halogens is 1. The number of carbonyl (C=O) groups excluding carboxylic acids is 1. The molecule has 0 saturated heterocycles. The monoisotopic (exact) mass is 229 g/mol. The van der Waals surface area contributed by atoms with Gasteiger partial charge in [-0.1, -0.05) is 15.9 Å². The number of benzene rings is 1. The van der Waals surface area contributed by atoms with Crippen LogP contribution in [0.3, 0.4) is 0 Å². The van der Waals surface area contributed by atoms with Crippen molar-refractivity contribution < 1.29 is 10.0 Å². The van der Waals surface area contributed by atoms with Crippen molar-refractivity contribution in [1.82, 2.24) is 5.48 Å². The molecule has 2 N–H and O–H groups in total. The van der Waals surface area contributed by atoms with Crippen LogP contribution in [-0.2, 0) is 0 Å². The van der Waals surface area contributed by atoms with Crippen LogP contribution in [0, 0.1) is 6.92 Å². The molecule has 0 radical (unpaired) electrons. The van der Waals surface area contributed by atoms with Gasteiger partial charge in [-0.3, -0.25) is 10.0 Å². The first-order chi connectivity index (χ1) is 5.65. The lowest BCUT2D eigenvalue weighted by molar-refractivity contribution is 0.0706. The summed E-state index contributed by atoms with van der Waals surface area (Å²) in [6, 6.07) is 5.08. The summed E-state index contributed by atoms with van der Waals surface area (Å²) < 4.78 is 0.942. The molecule has 1 aromatic carbocycles. The fraction of sp³-hybridized carbons (Fsp3) is 0.125. The maximum absolute atomic E-state index is 10.9. The van der Waals surface area contributed by atoms with Crippen LogP contribution < -0.4 is 5.48 Å². The lowest BCUT2D eigenvalue weighted by Gasteiger charge is -2.01. The van der Waals surface area contributed by atoms with Crippen LogP contribution in [0.5, 0.6) is 0 Å². The molecule has 1 aromatic rings. The van der Waals surface area contributed by atoms with E-state index in [1.807, 2.05) is 6.92 Å². The predicted molar refractivity (Wildman–Crippen MR) is 48.1 cm³/mol. The molecule has 0 aliphatic carbocycles. The minimum absolute atomic E-state index is 0.443. The third-order valence-electron chi connectivity index (χ3n) is 1.52. The Hall–Kier alpha value is -0.870. The van der Waals surface area contributed by atoms with Gasteiger partial charge in [0.15, 0.2) is 0 Å². The Kier molecular flexibility index (Phi) is 2.83. The summed E-state index contributed by atoms with van der Waals surface area (Å²) >= 11 is 3.31. The van der Waals surface area contributed by atoms with Crippen molar-refractivity contribution in [3.63, 3.8) is 0 Å². The second kappa shape index (κ2) is 3.69. The van der Waals surface area contributed by atoms with Crippen molar-refractivity contribution in [2.24, 2.45) is 0 Å². The molecule has 0 aromatic heterocycles. The Labute approximate surface area is 78.5 Å². The van der Waals surface area contributed by atoms with Gasteiger partial charge >= 0.3 is 0 Å². The number of aryl methyl sites for hydroxylation is 1. The molecule has 0 atom stereocenters. The van der Waals surface area contributed by atoms with E-state index in [0.29, 0.717) is 5.56 Å². The van der Waals surface area contributed by atoms with E-state index in [1.54, 1.807) is 23.7 Å². The molecule has 3 nitrogen and oxygen atoms in total. The first-order valence-electron chi connectivity index (χ1n) is 3.35. The highest BCUT2D eigenvalue weighted by molar-refractivity contribution is 9.10. The second-order valence-corrected chi connectivity index (χ2v) is 3.26. The average Bonchev–Trinajstić information content (AvgIpc) is 2.08. The summed E-state index contributed by atoms with van der Waals surface area (Å²) in [5.41, 5.74) is 2.97. The van der Waals surface area contributed by atoms with Gasteiger partial charge < -0.3 is 0 Å². The molecule has 0 aliphatic rings. The van der Waals surface area contributed by atoms with Gasteiger partial charge in [0.1, 0.15) is 0 Å². The highest BCUT2D eigenvalue weighted by Gasteiger charge is 2.04. The van der Waals surface area contributed by atoms with Crippen LogP contribution in [0.4, 0.5) is 0 Å². The topological polar surface area (TPSA) is 49.3 Å². The molecule has 64 valence electrons. The molecule has 0 heterocycles. The van der Waals surface area contributed by atoms with E-state index in [9.17, 15) is 4.79 Å². The zero-order valence-corrected chi connectivity index (χ0v) is 8.05. The quantitative estimate of drug-likeness (QED) is 0.571. The number of amides is 1. The molecule has 0 spiro atoms. The maximum Gasteiger partial charge on any atom is 0.274 e. The molecule has 4 heteroatoms. The Morgan fingerprint density at radius 2 is 2.25 bits per heavy atom. The van der Waals surface area contributed by atoms with Crippen LogP contribution in [0.1, 0.15) is 15.9 Å². The van der Waals surface area contributed by atoms with E-state index in [-0.39, 0.29) is 0 Å². The Morgan fingerprint density at radius 3 is 2.75 bits per heavy atom. The molecule has 0 saturated carbocycles. The van der Waals surface area contributed by atoms with E-state index in [2.05, 4.69) is 15.9 Å². The minimum atomic E-state index is -0.495. The largest absolute Gasteiger partial charge is 0.288 e. The molecule has 1 rings (SSSR count).